The van der Waals surface area contributed by atoms with E-state index in [1.54, 1.807) is 19.1 Å². The van der Waals surface area contributed by atoms with Crippen LogP contribution in [-0.4, -0.2) is 18.5 Å². The van der Waals surface area contributed by atoms with Crippen molar-refractivity contribution in [1.29, 1.82) is 0 Å². The van der Waals surface area contributed by atoms with Gasteiger partial charge in [0.15, 0.2) is 5.78 Å². The lowest BCUT2D eigenvalue weighted by Crippen LogP contribution is -2.22. The Kier molecular flexibility index (Phi) is 1.44. The summed E-state index contributed by atoms with van der Waals surface area (Å²) in [4.78, 5) is 10.6. The standard InChI is InChI=1S/C6H8O2/c1-5-6(7)3-2-4-8-5/h2-3,5H,4H2,1H3/t5-/m0/s1. The fourth-order valence-electron chi connectivity index (χ4n) is 0.582. The lowest BCUT2D eigenvalue weighted by molar-refractivity contribution is -0.125. The smallest absolute Gasteiger partial charge is 0.183 e. The largest absolute Gasteiger partial charge is 0.366 e. The topological polar surface area (TPSA) is 26.3 Å². The van der Waals surface area contributed by atoms with Crippen LogP contribution in [0.2, 0.25) is 0 Å². The van der Waals surface area contributed by atoms with Crippen LogP contribution in [0.25, 0.3) is 0 Å². The molecule has 0 N–H and O–H groups in total. The first-order valence-electron chi connectivity index (χ1n) is 2.62. The van der Waals surface area contributed by atoms with E-state index in [2.05, 4.69) is 0 Å². The molecule has 0 aliphatic carbocycles. The third-order valence-electron chi connectivity index (χ3n) is 1.13. The lowest BCUT2D eigenvalue weighted by atomic mass is 10.2. The molecule has 1 aliphatic heterocycles. The van der Waals surface area contributed by atoms with E-state index in [0.717, 1.165) is 0 Å². The zero-order chi connectivity index (χ0) is 5.98. The van der Waals surface area contributed by atoms with Crippen LogP contribution < -0.4 is 0 Å². The van der Waals surface area contributed by atoms with E-state index in [1.165, 1.54) is 0 Å². The Hall–Kier alpha value is -0.630. The minimum atomic E-state index is -0.222. The van der Waals surface area contributed by atoms with Crippen LogP contribution in [0.4, 0.5) is 0 Å². The van der Waals surface area contributed by atoms with Crippen molar-refractivity contribution < 1.29 is 9.53 Å². The number of hydrogen-bond donors (Lipinski definition) is 0. The second kappa shape index (κ2) is 2.09. The number of rotatable bonds is 0. The molecule has 44 valence electrons. The molecule has 0 amide bonds. The number of ketones is 1. The molecule has 8 heavy (non-hydrogen) atoms. The van der Waals surface area contributed by atoms with Gasteiger partial charge >= 0.3 is 0 Å². The summed E-state index contributed by atoms with van der Waals surface area (Å²) in [5.74, 6) is 0.0660. The molecule has 0 saturated carbocycles. The third kappa shape index (κ3) is 0.954. The van der Waals surface area contributed by atoms with Crippen molar-refractivity contribution in [2.24, 2.45) is 0 Å². The molecule has 0 spiro atoms. The lowest BCUT2D eigenvalue weighted by Gasteiger charge is -2.10. The average molecular weight is 112 g/mol. The zero-order valence-electron chi connectivity index (χ0n) is 4.76. The summed E-state index contributed by atoms with van der Waals surface area (Å²) in [7, 11) is 0. The second-order valence-corrected chi connectivity index (χ2v) is 1.78. The van der Waals surface area contributed by atoms with Gasteiger partial charge in [-0.25, -0.2) is 0 Å². The van der Waals surface area contributed by atoms with Gasteiger partial charge in [-0.2, -0.15) is 0 Å². The van der Waals surface area contributed by atoms with Gasteiger partial charge in [-0.3, -0.25) is 4.79 Å². The summed E-state index contributed by atoms with van der Waals surface area (Å²) in [5, 5.41) is 0. The first-order chi connectivity index (χ1) is 3.80. The van der Waals surface area contributed by atoms with Gasteiger partial charge in [0, 0.05) is 0 Å². The van der Waals surface area contributed by atoms with E-state index < -0.39 is 0 Å². The van der Waals surface area contributed by atoms with E-state index in [4.69, 9.17) is 4.74 Å². The van der Waals surface area contributed by atoms with Crippen molar-refractivity contribution in [3.63, 3.8) is 0 Å². The zero-order valence-corrected chi connectivity index (χ0v) is 4.76. The molecule has 0 aromatic carbocycles. The Morgan fingerprint density at radius 1 is 1.88 bits per heavy atom. The van der Waals surface area contributed by atoms with Crippen LogP contribution in [0.5, 0.6) is 0 Å². The number of carbonyl (C=O) groups is 1. The highest BCUT2D eigenvalue weighted by Crippen LogP contribution is 1.99. The highest BCUT2D eigenvalue weighted by Gasteiger charge is 2.11. The van der Waals surface area contributed by atoms with Crippen molar-refractivity contribution in [1.82, 2.24) is 0 Å². The summed E-state index contributed by atoms with van der Waals surface area (Å²) in [5.41, 5.74) is 0. The molecule has 1 aliphatic rings. The maximum absolute atomic E-state index is 10.6. The van der Waals surface area contributed by atoms with Crippen LogP contribution in [0, 0.1) is 0 Å². The Labute approximate surface area is 48.1 Å². The highest BCUT2D eigenvalue weighted by atomic mass is 16.5. The van der Waals surface area contributed by atoms with E-state index in [9.17, 15) is 4.79 Å². The van der Waals surface area contributed by atoms with Crippen molar-refractivity contribution in [2.75, 3.05) is 6.61 Å². The number of hydrogen-bond acceptors (Lipinski definition) is 2. The molecule has 2 nitrogen and oxygen atoms in total. The predicted molar refractivity (Wildman–Crippen MR) is 29.6 cm³/mol. The Balaban J connectivity index is 2.60. The summed E-state index contributed by atoms with van der Waals surface area (Å²) < 4.78 is 4.95. The van der Waals surface area contributed by atoms with E-state index in [0.29, 0.717) is 6.61 Å². The van der Waals surface area contributed by atoms with Gasteiger partial charge in [-0.15, -0.1) is 0 Å². The molecule has 0 unspecified atom stereocenters. The Bertz CT molecular complexity index is 126. The van der Waals surface area contributed by atoms with Gasteiger partial charge in [0.1, 0.15) is 6.10 Å². The van der Waals surface area contributed by atoms with Gasteiger partial charge in [-0.1, -0.05) is 6.08 Å². The minimum absolute atomic E-state index is 0.0660. The van der Waals surface area contributed by atoms with E-state index in [-0.39, 0.29) is 11.9 Å². The second-order valence-electron chi connectivity index (χ2n) is 1.78. The van der Waals surface area contributed by atoms with Crippen LogP contribution in [0.3, 0.4) is 0 Å². The highest BCUT2D eigenvalue weighted by molar-refractivity contribution is 5.93. The van der Waals surface area contributed by atoms with Crippen molar-refractivity contribution in [3.05, 3.63) is 12.2 Å². The third-order valence-corrected chi connectivity index (χ3v) is 1.13. The molecule has 1 rings (SSSR count). The Morgan fingerprint density at radius 3 is 3.00 bits per heavy atom. The van der Waals surface area contributed by atoms with Crippen LogP contribution >= 0.6 is 0 Å². The van der Waals surface area contributed by atoms with Crippen molar-refractivity contribution >= 4 is 5.78 Å². The molecule has 0 aromatic heterocycles. The van der Waals surface area contributed by atoms with Crippen molar-refractivity contribution in [2.45, 2.75) is 13.0 Å². The minimum Gasteiger partial charge on any atom is -0.366 e. The molecule has 2 heteroatoms. The normalized spacial score (nSPS) is 28.6. The predicted octanol–water partition coefficient (Wildman–Crippen LogP) is 0.530. The van der Waals surface area contributed by atoms with Gasteiger partial charge in [0.2, 0.25) is 0 Å². The van der Waals surface area contributed by atoms with Gasteiger partial charge < -0.3 is 4.74 Å². The molecular weight excluding hydrogens is 104 g/mol. The maximum atomic E-state index is 10.6. The van der Waals surface area contributed by atoms with Crippen LogP contribution in [0.15, 0.2) is 12.2 Å². The molecule has 0 radical (unpaired) electrons. The molecule has 0 bridgehead atoms. The van der Waals surface area contributed by atoms with E-state index in [1.807, 2.05) is 0 Å². The Morgan fingerprint density at radius 2 is 2.62 bits per heavy atom. The first kappa shape index (κ1) is 5.51. The fraction of sp³-hybridized carbons (Fsp3) is 0.500. The van der Waals surface area contributed by atoms with Gasteiger partial charge in [0.25, 0.3) is 0 Å². The number of ether oxygens (including phenoxy) is 1. The summed E-state index contributed by atoms with van der Waals surface area (Å²) in [6.45, 7) is 2.33. The van der Waals surface area contributed by atoms with Crippen LogP contribution in [-0.2, 0) is 9.53 Å². The van der Waals surface area contributed by atoms with E-state index >= 15 is 0 Å². The summed E-state index contributed by atoms with van der Waals surface area (Å²) >= 11 is 0. The SMILES string of the molecule is C[C@@H]1OCC=CC1=O. The monoisotopic (exact) mass is 112 g/mol. The molecule has 0 saturated heterocycles. The molecule has 0 fully saturated rings. The first-order valence-corrected chi connectivity index (χ1v) is 2.62. The maximum Gasteiger partial charge on any atom is 0.183 e. The average Bonchev–Trinajstić information content (AvgIpc) is 1.77. The fourth-order valence-corrected chi connectivity index (χ4v) is 0.582. The number of carbonyl (C=O) groups excluding carboxylic acids is 1. The molecule has 1 atom stereocenters. The summed E-state index contributed by atoms with van der Waals surface area (Å²) in [6, 6.07) is 0. The molecule has 1 heterocycles. The quantitative estimate of drug-likeness (QED) is 0.457. The molecular formula is C6H8O2. The van der Waals surface area contributed by atoms with Crippen LogP contribution in [0.1, 0.15) is 6.92 Å². The van der Waals surface area contributed by atoms with Crippen molar-refractivity contribution in [3.8, 4) is 0 Å². The van der Waals surface area contributed by atoms with Gasteiger partial charge in [0.05, 0.1) is 6.61 Å². The molecule has 0 aromatic rings. The van der Waals surface area contributed by atoms with Gasteiger partial charge in [-0.05, 0) is 13.0 Å². The summed E-state index contributed by atoms with van der Waals surface area (Å²) in [6.07, 6.45) is 3.07.